The first kappa shape index (κ1) is 11.7. The van der Waals surface area contributed by atoms with Crippen LogP contribution in [0.2, 0.25) is 0 Å². The molecule has 0 atom stereocenters. The number of hydrogen-bond acceptors (Lipinski definition) is 1. The lowest BCUT2D eigenvalue weighted by Gasteiger charge is -2.13. The van der Waals surface area contributed by atoms with E-state index in [1.807, 2.05) is 48.5 Å². The Labute approximate surface area is 106 Å². The van der Waals surface area contributed by atoms with Crippen LogP contribution in [0.25, 0.3) is 0 Å². The van der Waals surface area contributed by atoms with E-state index < -0.39 is 0 Å². The average Bonchev–Trinajstić information content (AvgIpc) is 2.40. The average molecular weight is 246 g/mol. The number of amides is 1. The van der Waals surface area contributed by atoms with Gasteiger partial charge in [-0.25, -0.2) is 4.42 Å². The molecule has 2 aromatic rings. The smallest absolute Gasteiger partial charge is 0.268 e. The van der Waals surface area contributed by atoms with Crippen LogP contribution in [0.5, 0.6) is 0 Å². The van der Waals surface area contributed by atoms with Crippen molar-refractivity contribution in [2.24, 2.45) is 0 Å². The van der Waals surface area contributed by atoms with E-state index in [9.17, 15) is 4.79 Å². The summed E-state index contributed by atoms with van der Waals surface area (Å²) >= 11 is 5.98. The van der Waals surface area contributed by atoms with Crippen LogP contribution in [0.4, 0.5) is 0 Å². The molecule has 0 aliphatic carbocycles. The zero-order chi connectivity index (χ0) is 12.1. The standard InChI is InChI=1S/C14H12ClNO/c15-16(11-12-7-3-1-4-8-12)14(17)13-9-5-2-6-10-13/h1-10H,11H2. The summed E-state index contributed by atoms with van der Waals surface area (Å²) in [6, 6.07) is 18.7. The number of carbonyl (C=O) groups excluding carboxylic acids is 1. The third kappa shape index (κ3) is 3.08. The predicted octanol–water partition coefficient (Wildman–Crippen LogP) is 3.48. The molecule has 2 rings (SSSR count). The Kier molecular flexibility index (Phi) is 3.78. The molecule has 0 heterocycles. The summed E-state index contributed by atoms with van der Waals surface area (Å²) in [6.45, 7) is 0.399. The van der Waals surface area contributed by atoms with E-state index in [1.54, 1.807) is 12.1 Å². The topological polar surface area (TPSA) is 20.3 Å². The second kappa shape index (κ2) is 5.51. The molecule has 0 bridgehead atoms. The fraction of sp³-hybridized carbons (Fsp3) is 0.0714. The lowest BCUT2D eigenvalue weighted by molar-refractivity contribution is 0.0857. The third-order valence-electron chi connectivity index (χ3n) is 2.41. The second-order valence-electron chi connectivity index (χ2n) is 3.68. The number of hydrogen-bond donors (Lipinski definition) is 0. The van der Waals surface area contributed by atoms with Gasteiger partial charge in [-0.05, 0) is 17.7 Å². The Morgan fingerprint density at radius 3 is 2.06 bits per heavy atom. The summed E-state index contributed by atoms with van der Waals surface area (Å²) in [7, 11) is 0. The number of carbonyl (C=O) groups is 1. The monoisotopic (exact) mass is 245 g/mol. The minimum Gasteiger partial charge on any atom is -0.268 e. The Morgan fingerprint density at radius 1 is 0.941 bits per heavy atom. The largest absolute Gasteiger partial charge is 0.268 e. The van der Waals surface area contributed by atoms with Gasteiger partial charge in [-0.15, -0.1) is 0 Å². The first-order valence-corrected chi connectivity index (χ1v) is 5.68. The Hall–Kier alpha value is -1.80. The van der Waals surface area contributed by atoms with Gasteiger partial charge < -0.3 is 0 Å². The predicted molar refractivity (Wildman–Crippen MR) is 68.6 cm³/mol. The van der Waals surface area contributed by atoms with Gasteiger partial charge in [0.05, 0.1) is 6.54 Å². The molecule has 2 aromatic carbocycles. The van der Waals surface area contributed by atoms with E-state index >= 15 is 0 Å². The minimum atomic E-state index is -0.184. The molecule has 2 nitrogen and oxygen atoms in total. The quantitative estimate of drug-likeness (QED) is 0.758. The summed E-state index contributed by atoms with van der Waals surface area (Å²) in [6.07, 6.45) is 0. The zero-order valence-corrected chi connectivity index (χ0v) is 9.97. The molecule has 0 aliphatic rings. The van der Waals surface area contributed by atoms with E-state index in [-0.39, 0.29) is 5.91 Å². The van der Waals surface area contributed by atoms with Gasteiger partial charge in [-0.2, -0.15) is 0 Å². The Morgan fingerprint density at radius 2 is 1.47 bits per heavy atom. The van der Waals surface area contributed by atoms with Crippen molar-refractivity contribution in [3.63, 3.8) is 0 Å². The highest BCUT2D eigenvalue weighted by molar-refractivity contribution is 6.23. The molecule has 0 N–H and O–H groups in total. The van der Waals surface area contributed by atoms with Crippen LogP contribution in [0, 0.1) is 0 Å². The molecule has 0 aliphatic heterocycles. The maximum absolute atomic E-state index is 11.9. The minimum absolute atomic E-state index is 0.184. The van der Waals surface area contributed by atoms with E-state index in [2.05, 4.69) is 0 Å². The lowest BCUT2D eigenvalue weighted by Crippen LogP contribution is -2.20. The van der Waals surface area contributed by atoms with Crippen molar-refractivity contribution in [1.29, 1.82) is 0 Å². The molecule has 17 heavy (non-hydrogen) atoms. The summed E-state index contributed by atoms with van der Waals surface area (Å²) in [5, 5.41) is 0. The van der Waals surface area contributed by atoms with E-state index in [0.29, 0.717) is 12.1 Å². The molecule has 0 fully saturated rings. The van der Waals surface area contributed by atoms with Crippen LogP contribution < -0.4 is 0 Å². The zero-order valence-electron chi connectivity index (χ0n) is 9.21. The Balaban J connectivity index is 2.06. The molecule has 0 aromatic heterocycles. The van der Waals surface area contributed by atoms with Crippen molar-refractivity contribution >= 4 is 17.7 Å². The highest BCUT2D eigenvalue weighted by atomic mass is 35.5. The van der Waals surface area contributed by atoms with Crippen molar-refractivity contribution in [2.75, 3.05) is 0 Å². The number of rotatable bonds is 3. The molecule has 0 unspecified atom stereocenters. The van der Waals surface area contributed by atoms with E-state index in [4.69, 9.17) is 11.8 Å². The first-order valence-electron chi connectivity index (χ1n) is 5.34. The lowest BCUT2D eigenvalue weighted by atomic mass is 10.2. The maximum Gasteiger partial charge on any atom is 0.268 e. The molecular formula is C14H12ClNO. The number of nitrogens with zero attached hydrogens (tertiary/aromatic N) is 1. The van der Waals surface area contributed by atoms with Crippen molar-refractivity contribution in [2.45, 2.75) is 6.54 Å². The molecular weight excluding hydrogens is 234 g/mol. The fourth-order valence-electron chi connectivity index (χ4n) is 1.54. The SMILES string of the molecule is O=C(c1ccccc1)N(Cl)Cc1ccccc1. The molecule has 3 heteroatoms. The highest BCUT2D eigenvalue weighted by Crippen LogP contribution is 2.11. The normalized spacial score (nSPS) is 9.94. The van der Waals surface area contributed by atoms with Crippen LogP contribution in [-0.4, -0.2) is 10.3 Å². The molecule has 0 spiro atoms. The van der Waals surface area contributed by atoms with Crippen molar-refractivity contribution in [1.82, 2.24) is 4.42 Å². The second-order valence-corrected chi connectivity index (χ2v) is 4.09. The van der Waals surface area contributed by atoms with Gasteiger partial charge >= 0.3 is 0 Å². The van der Waals surface area contributed by atoms with Crippen LogP contribution in [0.1, 0.15) is 15.9 Å². The molecule has 1 amide bonds. The maximum atomic E-state index is 11.9. The van der Waals surface area contributed by atoms with E-state index in [1.165, 1.54) is 4.42 Å². The molecule has 0 saturated heterocycles. The van der Waals surface area contributed by atoms with Gasteiger partial charge in [0.15, 0.2) is 0 Å². The van der Waals surface area contributed by atoms with Crippen LogP contribution in [0.3, 0.4) is 0 Å². The van der Waals surface area contributed by atoms with Gasteiger partial charge in [0.1, 0.15) is 0 Å². The molecule has 0 radical (unpaired) electrons. The highest BCUT2D eigenvalue weighted by Gasteiger charge is 2.13. The van der Waals surface area contributed by atoms with E-state index in [0.717, 1.165) is 5.56 Å². The van der Waals surface area contributed by atoms with Crippen LogP contribution in [0.15, 0.2) is 60.7 Å². The van der Waals surface area contributed by atoms with Crippen LogP contribution in [-0.2, 0) is 6.54 Å². The van der Waals surface area contributed by atoms with Crippen molar-refractivity contribution in [3.8, 4) is 0 Å². The molecule has 86 valence electrons. The van der Waals surface area contributed by atoms with Gasteiger partial charge in [-0.3, -0.25) is 4.79 Å². The van der Waals surface area contributed by atoms with Crippen molar-refractivity contribution in [3.05, 3.63) is 71.8 Å². The fourth-order valence-corrected chi connectivity index (χ4v) is 1.77. The Bertz CT molecular complexity index is 484. The van der Waals surface area contributed by atoms with Gasteiger partial charge in [0.2, 0.25) is 0 Å². The number of halogens is 1. The first-order chi connectivity index (χ1) is 8.27. The third-order valence-corrected chi connectivity index (χ3v) is 2.68. The number of benzene rings is 2. The molecule has 0 saturated carbocycles. The summed E-state index contributed by atoms with van der Waals surface area (Å²) < 4.78 is 1.20. The van der Waals surface area contributed by atoms with Gasteiger partial charge in [-0.1, -0.05) is 48.5 Å². The van der Waals surface area contributed by atoms with Gasteiger partial charge in [0.25, 0.3) is 5.91 Å². The summed E-state index contributed by atoms with van der Waals surface area (Å²) in [5.74, 6) is -0.184. The van der Waals surface area contributed by atoms with Crippen LogP contribution >= 0.6 is 11.8 Å². The summed E-state index contributed by atoms with van der Waals surface area (Å²) in [5.41, 5.74) is 1.60. The van der Waals surface area contributed by atoms with Gasteiger partial charge in [0, 0.05) is 17.3 Å². The summed E-state index contributed by atoms with van der Waals surface area (Å²) in [4.78, 5) is 11.9. The van der Waals surface area contributed by atoms with Crippen molar-refractivity contribution < 1.29 is 4.79 Å².